The first-order chi connectivity index (χ1) is 13.2. The van der Waals surface area contributed by atoms with E-state index in [1.807, 2.05) is 23.1 Å². The number of nitriles is 1. The zero-order valence-corrected chi connectivity index (χ0v) is 16.3. The average molecular weight is 388 g/mol. The Labute approximate surface area is 165 Å². The Morgan fingerprint density at radius 2 is 2.07 bits per heavy atom. The monoisotopic (exact) mass is 387 g/mol. The minimum absolute atomic E-state index is 0.00178. The summed E-state index contributed by atoms with van der Waals surface area (Å²) in [7, 11) is 0. The lowest BCUT2D eigenvalue weighted by atomic mass is 9.84. The molecule has 3 unspecified atom stereocenters. The Bertz CT molecular complexity index is 741. The van der Waals surface area contributed by atoms with Crippen molar-refractivity contribution in [3.8, 4) is 11.9 Å². The Hall–Kier alpha value is -1.93. The fourth-order valence-corrected chi connectivity index (χ4v) is 5.26. The second kappa shape index (κ2) is 7.98. The molecule has 3 aliphatic rings. The van der Waals surface area contributed by atoms with Crippen LogP contribution in [0.4, 0.5) is 0 Å². The van der Waals surface area contributed by atoms with Crippen LogP contribution in [0.5, 0.6) is 5.75 Å². The summed E-state index contributed by atoms with van der Waals surface area (Å²) in [5.41, 5.74) is 1.13. The highest BCUT2D eigenvalue weighted by Gasteiger charge is 2.46. The topological polar surface area (TPSA) is 65.4 Å². The molecular weight excluding hydrogens is 362 g/mol. The number of rotatable bonds is 5. The predicted octanol–water partition coefficient (Wildman–Crippen LogP) is 3.97. The van der Waals surface area contributed by atoms with Crippen molar-refractivity contribution in [3.05, 3.63) is 28.8 Å². The number of nitrogens with one attached hydrogen (secondary N) is 1. The number of hydrogen-bond donors (Lipinski definition) is 1. The second-order valence-corrected chi connectivity index (χ2v) is 8.46. The van der Waals surface area contributed by atoms with Crippen LogP contribution in [0.2, 0.25) is 5.02 Å². The van der Waals surface area contributed by atoms with Crippen molar-refractivity contribution in [2.45, 2.75) is 75.4 Å². The molecule has 4 rings (SSSR count). The quantitative estimate of drug-likeness (QED) is 0.776. The van der Waals surface area contributed by atoms with Crippen molar-refractivity contribution >= 4 is 17.5 Å². The van der Waals surface area contributed by atoms with Crippen molar-refractivity contribution < 1.29 is 9.53 Å². The van der Waals surface area contributed by atoms with Gasteiger partial charge in [-0.3, -0.25) is 4.79 Å². The van der Waals surface area contributed by atoms with Gasteiger partial charge in [0.15, 0.2) is 12.8 Å². The average Bonchev–Trinajstić information content (AvgIpc) is 3.24. The highest BCUT2D eigenvalue weighted by Crippen LogP contribution is 2.39. The standard InChI is InChI=1S/C21H26ClN3O2/c22-15-6-9-20(17(10-15)14-4-2-1-3-5-14)27-12-21(26)24-18-11-16-7-8-19(18)25(16)13-23/h6,9-10,14,16,18-19H,1-5,7-8,11-12H2,(H,24,26). The molecule has 144 valence electrons. The molecule has 0 radical (unpaired) electrons. The fourth-order valence-electron chi connectivity index (χ4n) is 5.07. The largest absolute Gasteiger partial charge is 0.483 e. The van der Waals surface area contributed by atoms with Gasteiger partial charge in [0.2, 0.25) is 0 Å². The van der Waals surface area contributed by atoms with Crippen molar-refractivity contribution in [2.24, 2.45) is 0 Å². The number of halogens is 1. The maximum atomic E-state index is 12.4. The molecular formula is C21H26ClN3O2. The molecule has 1 amide bonds. The van der Waals surface area contributed by atoms with E-state index in [-0.39, 0.29) is 24.6 Å². The number of benzene rings is 1. The third-order valence-corrected chi connectivity index (χ3v) is 6.61. The van der Waals surface area contributed by atoms with Crippen LogP contribution in [0.3, 0.4) is 0 Å². The Balaban J connectivity index is 1.36. The van der Waals surface area contributed by atoms with E-state index in [9.17, 15) is 10.1 Å². The number of hydrogen-bond acceptors (Lipinski definition) is 4. The van der Waals surface area contributed by atoms with Crippen LogP contribution in [0.15, 0.2) is 18.2 Å². The second-order valence-electron chi connectivity index (χ2n) is 8.02. The lowest BCUT2D eigenvalue weighted by molar-refractivity contribution is -0.124. The first-order valence-corrected chi connectivity index (χ1v) is 10.4. The van der Waals surface area contributed by atoms with Crippen LogP contribution in [0.1, 0.15) is 62.8 Å². The lowest BCUT2D eigenvalue weighted by Crippen LogP contribution is -2.44. The summed E-state index contributed by atoms with van der Waals surface area (Å²) in [5.74, 6) is 1.12. The Kier molecular flexibility index (Phi) is 5.45. The molecule has 2 heterocycles. The van der Waals surface area contributed by atoms with E-state index in [4.69, 9.17) is 16.3 Å². The number of fused-ring (bicyclic) bond motifs is 2. The Morgan fingerprint density at radius 3 is 2.81 bits per heavy atom. The van der Waals surface area contributed by atoms with Crippen molar-refractivity contribution in [2.75, 3.05) is 6.61 Å². The summed E-state index contributed by atoms with van der Waals surface area (Å²) < 4.78 is 5.90. The van der Waals surface area contributed by atoms with Gasteiger partial charge in [0.25, 0.3) is 5.91 Å². The van der Waals surface area contributed by atoms with Gasteiger partial charge in [-0.2, -0.15) is 5.26 Å². The summed E-state index contributed by atoms with van der Waals surface area (Å²) in [6.45, 7) is 0.00178. The van der Waals surface area contributed by atoms with Gasteiger partial charge in [0.1, 0.15) is 5.75 Å². The van der Waals surface area contributed by atoms with Crippen molar-refractivity contribution in [1.82, 2.24) is 10.2 Å². The minimum Gasteiger partial charge on any atom is -0.483 e. The van der Waals surface area contributed by atoms with Crippen LogP contribution in [-0.2, 0) is 4.79 Å². The van der Waals surface area contributed by atoms with Gasteiger partial charge in [0.05, 0.1) is 12.1 Å². The molecule has 1 saturated carbocycles. The summed E-state index contributed by atoms with van der Waals surface area (Å²) in [6.07, 6.45) is 11.2. The van der Waals surface area contributed by atoms with E-state index in [1.165, 1.54) is 19.3 Å². The maximum Gasteiger partial charge on any atom is 0.258 e. The summed E-state index contributed by atoms with van der Waals surface area (Å²) in [5, 5.41) is 13.0. The molecule has 6 heteroatoms. The summed E-state index contributed by atoms with van der Waals surface area (Å²) in [4.78, 5) is 14.3. The molecule has 3 fully saturated rings. The SMILES string of the molecule is N#CN1C2CCC1C(NC(=O)COc1ccc(Cl)cc1C1CCCCC1)C2. The van der Waals surface area contributed by atoms with E-state index in [2.05, 4.69) is 11.5 Å². The van der Waals surface area contributed by atoms with E-state index < -0.39 is 0 Å². The fraction of sp³-hybridized carbons (Fsp3) is 0.619. The predicted molar refractivity (Wildman–Crippen MR) is 104 cm³/mol. The number of nitrogens with zero attached hydrogens (tertiary/aromatic N) is 2. The molecule has 2 aliphatic heterocycles. The molecule has 27 heavy (non-hydrogen) atoms. The molecule has 0 aromatic heterocycles. The van der Waals surface area contributed by atoms with Gasteiger partial charge < -0.3 is 15.0 Å². The van der Waals surface area contributed by atoms with E-state index in [1.54, 1.807) is 0 Å². The van der Waals surface area contributed by atoms with Crippen molar-refractivity contribution in [1.29, 1.82) is 5.26 Å². The van der Waals surface area contributed by atoms with Crippen molar-refractivity contribution in [3.63, 3.8) is 0 Å². The molecule has 2 saturated heterocycles. The molecule has 1 aromatic carbocycles. The van der Waals surface area contributed by atoms with Gasteiger partial charge in [-0.15, -0.1) is 0 Å². The van der Waals surface area contributed by atoms with E-state index in [0.29, 0.717) is 17.0 Å². The first-order valence-electron chi connectivity index (χ1n) is 10.1. The van der Waals surface area contributed by atoms with Crippen LogP contribution < -0.4 is 10.1 Å². The van der Waals surface area contributed by atoms with Gasteiger partial charge in [-0.1, -0.05) is 30.9 Å². The van der Waals surface area contributed by atoms with Crippen LogP contribution >= 0.6 is 11.6 Å². The molecule has 2 bridgehead atoms. The number of carbonyl (C=O) groups excluding carboxylic acids is 1. The maximum absolute atomic E-state index is 12.4. The smallest absolute Gasteiger partial charge is 0.258 e. The van der Waals surface area contributed by atoms with E-state index in [0.717, 1.165) is 43.4 Å². The number of amides is 1. The Morgan fingerprint density at radius 1 is 1.26 bits per heavy atom. The molecule has 1 aromatic rings. The highest BCUT2D eigenvalue weighted by molar-refractivity contribution is 6.30. The summed E-state index contributed by atoms with van der Waals surface area (Å²) >= 11 is 6.21. The van der Waals surface area contributed by atoms with Gasteiger partial charge in [-0.25, -0.2) is 0 Å². The van der Waals surface area contributed by atoms with Crippen LogP contribution in [-0.4, -0.2) is 35.5 Å². The van der Waals surface area contributed by atoms with Gasteiger partial charge in [-0.05, 0) is 61.8 Å². The van der Waals surface area contributed by atoms with Crippen LogP contribution in [0, 0.1) is 11.5 Å². The molecule has 0 spiro atoms. The summed E-state index contributed by atoms with van der Waals surface area (Å²) in [6, 6.07) is 6.20. The van der Waals surface area contributed by atoms with Gasteiger partial charge in [0, 0.05) is 11.1 Å². The third-order valence-electron chi connectivity index (χ3n) is 6.37. The highest BCUT2D eigenvalue weighted by atomic mass is 35.5. The first kappa shape index (κ1) is 18.4. The lowest BCUT2D eigenvalue weighted by Gasteiger charge is -2.25. The molecule has 1 aliphatic carbocycles. The zero-order chi connectivity index (χ0) is 18.8. The number of ether oxygens (including phenoxy) is 1. The molecule has 1 N–H and O–H groups in total. The number of carbonyl (C=O) groups is 1. The minimum atomic E-state index is -0.116. The van der Waals surface area contributed by atoms with Gasteiger partial charge >= 0.3 is 0 Å². The zero-order valence-electron chi connectivity index (χ0n) is 15.5. The molecule has 5 nitrogen and oxygen atoms in total. The normalized spacial score (nSPS) is 27.4. The van der Waals surface area contributed by atoms with E-state index >= 15 is 0 Å². The molecule has 3 atom stereocenters. The third kappa shape index (κ3) is 3.87. The van der Waals surface area contributed by atoms with Crippen LogP contribution in [0.25, 0.3) is 0 Å².